The molecule has 100 valence electrons. The van der Waals surface area contributed by atoms with E-state index >= 15 is 0 Å². The molecule has 0 saturated carbocycles. The van der Waals surface area contributed by atoms with Crippen molar-refractivity contribution in [1.29, 1.82) is 0 Å². The molecule has 3 heteroatoms. The van der Waals surface area contributed by atoms with Gasteiger partial charge in [0.15, 0.2) is 0 Å². The maximum absolute atomic E-state index is 9.68. The minimum atomic E-state index is -0.598. The van der Waals surface area contributed by atoms with Gasteiger partial charge in [-0.15, -0.1) is 0 Å². The predicted molar refractivity (Wildman–Crippen MR) is 75.5 cm³/mol. The molecule has 0 radical (unpaired) electrons. The SMILES string of the molecule is CC(C)c1ccc(Oc2ncccc2C(C)O)cc1. The van der Waals surface area contributed by atoms with Crippen molar-refractivity contribution in [2.24, 2.45) is 0 Å². The van der Waals surface area contributed by atoms with Crippen LogP contribution in [-0.2, 0) is 0 Å². The first-order chi connectivity index (χ1) is 9.08. The summed E-state index contributed by atoms with van der Waals surface area (Å²) in [5, 5.41) is 9.68. The van der Waals surface area contributed by atoms with Crippen LogP contribution in [0, 0.1) is 0 Å². The van der Waals surface area contributed by atoms with E-state index in [0.29, 0.717) is 17.4 Å². The lowest BCUT2D eigenvalue weighted by atomic mass is 10.0. The first-order valence-corrected chi connectivity index (χ1v) is 6.48. The molecular formula is C16H19NO2. The van der Waals surface area contributed by atoms with Gasteiger partial charge in [-0.25, -0.2) is 4.98 Å². The van der Waals surface area contributed by atoms with Gasteiger partial charge in [0, 0.05) is 11.8 Å². The Morgan fingerprint density at radius 2 is 1.74 bits per heavy atom. The van der Waals surface area contributed by atoms with Gasteiger partial charge < -0.3 is 9.84 Å². The van der Waals surface area contributed by atoms with Crippen LogP contribution >= 0.6 is 0 Å². The molecule has 0 aliphatic carbocycles. The first-order valence-electron chi connectivity index (χ1n) is 6.48. The molecule has 1 N–H and O–H groups in total. The number of pyridine rings is 1. The average Bonchev–Trinajstić information content (AvgIpc) is 2.39. The van der Waals surface area contributed by atoms with Crippen LogP contribution in [0.25, 0.3) is 0 Å². The van der Waals surface area contributed by atoms with E-state index in [0.717, 1.165) is 5.75 Å². The van der Waals surface area contributed by atoms with E-state index in [-0.39, 0.29) is 0 Å². The topological polar surface area (TPSA) is 42.4 Å². The summed E-state index contributed by atoms with van der Waals surface area (Å²) in [5.74, 6) is 1.68. The number of aliphatic hydroxyl groups is 1. The molecule has 1 atom stereocenters. The van der Waals surface area contributed by atoms with E-state index < -0.39 is 6.10 Å². The van der Waals surface area contributed by atoms with Crippen molar-refractivity contribution in [3.05, 3.63) is 53.7 Å². The Bertz CT molecular complexity index is 533. The van der Waals surface area contributed by atoms with Gasteiger partial charge in [-0.05, 0) is 42.7 Å². The molecule has 0 bridgehead atoms. The van der Waals surface area contributed by atoms with Gasteiger partial charge in [0.2, 0.25) is 5.88 Å². The number of hydrogen-bond donors (Lipinski definition) is 1. The van der Waals surface area contributed by atoms with E-state index in [1.54, 1.807) is 19.2 Å². The highest BCUT2D eigenvalue weighted by molar-refractivity contribution is 5.35. The van der Waals surface area contributed by atoms with Gasteiger partial charge >= 0.3 is 0 Å². The Balaban J connectivity index is 2.21. The van der Waals surface area contributed by atoms with E-state index in [4.69, 9.17) is 4.74 Å². The minimum Gasteiger partial charge on any atom is -0.439 e. The number of hydrogen-bond acceptors (Lipinski definition) is 3. The lowest BCUT2D eigenvalue weighted by Gasteiger charge is -2.12. The van der Waals surface area contributed by atoms with Crippen molar-refractivity contribution in [3.8, 4) is 11.6 Å². The van der Waals surface area contributed by atoms with Crippen LogP contribution in [0.5, 0.6) is 11.6 Å². The van der Waals surface area contributed by atoms with Gasteiger partial charge in [0.1, 0.15) is 5.75 Å². The monoisotopic (exact) mass is 257 g/mol. The van der Waals surface area contributed by atoms with Crippen LogP contribution in [0.4, 0.5) is 0 Å². The second kappa shape index (κ2) is 5.85. The van der Waals surface area contributed by atoms with Gasteiger partial charge in [0.25, 0.3) is 0 Å². The number of benzene rings is 1. The number of ether oxygens (including phenoxy) is 1. The Morgan fingerprint density at radius 3 is 2.32 bits per heavy atom. The molecule has 0 saturated heterocycles. The molecule has 2 rings (SSSR count). The fourth-order valence-corrected chi connectivity index (χ4v) is 1.84. The summed E-state index contributed by atoms with van der Waals surface area (Å²) in [4.78, 5) is 4.17. The second-order valence-electron chi connectivity index (χ2n) is 4.90. The van der Waals surface area contributed by atoms with Crippen LogP contribution in [-0.4, -0.2) is 10.1 Å². The fourth-order valence-electron chi connectivity index (χ4n) is 1.84. The quantitative estimate of drug-likeness (QED) is 0.898. The molecule has 0 aliphatic heterocycles. The highest BCUT2D eigenvalue weighted by Crippen LogP contribution is 2.28. The van der Waals surface area contributed by atoms with Crippen molar-refractivity contribution in [2.45, 2.75) is 32.8 Å². The van der Waals surface area contributed by atoms with Gasteiger partial charge in [-0.1, -0.05) is 26.0 Å². The molecule has 19 heavy (non-hydrogen) atoms. The lowest BCUT2D eigenvalue weighted by Crippen LogP contribution is -1.98. The lowest BCUT2D eigenvalue weighted by molar-refractivity contribution is 0.194. The zero-order valence-corrected chi connectivity index (χ0v) is 11.5. The molecular weight excluding hydrogens is 238 g/mol. The summed E-state index contributed by atoms with van der Waals surface area (Å²) in [6.07, 6.45) is 1.06. The van der Waals surface area contributed by atoms with E-state index in [2.05, 4.69) is 18.8 Å². The molecule has 1 unspecified atom stereocenters. The van der Waals surface area contributed by atoms with Gasteiger partial charge in [-0.3, -0.25) is 0 Å². The maximum atomic E-state index is 9.68. The molecule has 1 heterocycles. The summed E-state index contributed by atoms with van der Waals surface area (Å²) in [6.45, 7) is 6.01. The van der Waals surface area contributed by atoms with Crippen molar-refractivity contribution < 1.29 is 9.84 Å². The number of aliphatic hydroxyl groups excluding tert-OH is 1. The molecule has 0 aliphatic rings. The Labute approximate surface area is 113 Å². The Hall–Kier alpha value is -1.87. The highest BCUT2D eigenvalue weighted by atomic mass is 16.5. The molecule has 1 aromatic carbocycles. The highest BCUT2D eigenvalue weighted by Gasteiger charge is 2.10. The van der Waals surface area contributed by atoms with Crippen LogP contribution in [0.3, 0.4) is 0 Å². The summed E-state index contributed by atoms with van der Waals surface area (Å²) < 4.78 is 5.73. The summed E-state index contributed by atoms with van der Waals surface area (Å²) in [7, 11) is 0. The third-order valence-corrected chi connectivity index (χ3v) is 3.01. The summed E-state index contributed by atoms with van der Waals surface area (Å²) in [6, 6.07) is 11.5. The zero-order valence-electron chi connectivity index (χ0n) is 11.5. The van der Waals surface area contributed by atoms with Crippen LogP contribution in [0.1, 0.15) is 43.9 Å². The molecule has 0 amide bonds. The first kappa shape index (κ1) is 13.6. The van der Waals surface area contributed by atoms with Crippen molar-refractivity contribution in [1.82, 2.24) is 4.98 Å². The largest absolute Gasteiger partial charge is 0.439 e. The standard InChI is InChI=1S/C16H19NO2/c1-11(2)13-6-8-14(9-7-13)19-16-15(12(3)18)5-4-10-17-16/h4-12,18H,1-3H3. The Morgan fingerprint density at radius 1 is 1.05 bits per heavy atom. The Kier molecular flexibility index (Phi) is 4.17. The number of rotatable bonds is 4. The van der Waals surface area contributed by atoms with Crippen LogP contribution in [0.2, 0.25) is 0 Å². The van der Waals surface area contributed by atoms with Crippen molar-refractivity contribution in [2.75, 3.05) is 0 Å². The predicted octanol–water partition coefficient (Wildman–Crippen LogP) is 4.05. The van der Waals surface area contributed by atoms with Crippen molar-refractivity contribution >= 4 is 0 Å². The van der Waals surface area contributed by atoms with E-state index in [9.17, 15) is 5.11 Å². The molecule has 0 spiro atoms. The fraction of sp³-hybridized carbons (Fsp3) is 0.312. The molecule has 3 nitrogen and oxygen atoms in total. The third kappa shape index (κ3) is 3.32. The smallest absolute Gasteiger partial charge is 0.225 e. The summed E-state index contributed by atoms with van der Waals surface area (Å²) in [5.41, 5.74) is 1.96. The van der Waals surface area contributed by atoms with E-state index in [1.165, 1.54) is 5.56 Å². The van der Waals surface area contributed by atoms with E-state index in [1.807, 2.05) is 30.3 Å². The van der Waals surface area contributed by atoms with Crippen LogP contribution < -0.4 is 4.74 Å². The summed E-state index contributed by atoms with van der Waals surface area (Å²) >= 11 is 0. The molecule has 1 aromatic heterocycles. The number of nitrogens with zero attached hydrogens (tertiary/aromatic N) is 1. The van der Waals surface area contributed by atoms with Crippen LogP contribution in [0.15, 0.2) is 42.6 Å². The molecule has 2 aromatic rings. The average molecular weight is 257 g/mol. The van der Waals surface area contributed by atoms with Gasteiger partial charge in [-0.2, -0.15) is 0 Å². The molecule has 0 fully saturated rings. The maximum Gasteiger partial charge on any atom is 0.225 e. The second-order valence-corrected chi connectivity index (χ2v) is 4.90. The third-order valence-electron chi connectivity index (χ3n) is 3.01. The zero-order chi connectivity index (χ0) is 13.8. The number of aromatic nitrogens is 1. The van der Waals surface area contributed by atoms with Gasteiger partial charge in [0.05, 0.1) is 6.10 Å². The van der Waals surface area contributed by atoms with Crippen molar-refractivity contribution in [3.63, 3.8) is 0 Å². The minimum absolute atomic E-state index is 0.454. The normalized spacial score (nSPS) is 12.5.